The summed E-state index contributed by atoms with van der Waals surface area (Å²) < 4.78 is 45.1. The van der Waals surface area contributed by atoms with Gasteiger partial charge in [0.2, 0.25) is 5.91 Å². The van der Waals surface area contributed by atoms with E-state index in [1.807, 2.05) is 16.9 Å². The number of H-pyrrole nitrogens is 1. The molecular weight excluding hydrogens is 485 g/mol. The van der Waals surface area contributed by atoms with E-state index in [2.05, 4.69) is 20.4 Å². The second kappa shape index (κ2) is 9.02. The van der Waals surface area contributed by atoms with E-state index in [1.54, 1.807) is 24.3 Å². The van der Waals surface area contributed by atoms with Gasteiger partial charge >= 0.3 is 6.18 Å². The van der Waals surface area contributed by atoms with Crippen molar-refractivity contribution in [1.82, 2.24) is 39.7 Å². The lowest BCUT2D eigenvalue weighted by molar-refractivity contribution is -0.141. The number of hydrogen-bond donors (Lipinski definition) is 2. The van der Waals surface area contributed by atoms with Gasteiger partial charge in [0.05, 0.1) is 18.3 Å². The Morgan fingerprint density at radius 1 is 1.08 bits per heavy atom. The highest BCUT2D eigenvalue weighted by atomic mass is 19.4. The van der Waals surface area contributed by atoms with E-state index in [0.717, 1.165) is 42.8 Å². The number of halogens is 3. The third kappa shape index (κ3) is 4.39. The van der Waals surface area contributed by atoms with Gasteiger partial charge in [-0.15, -0.1) is 0 Å². The molecule has 0 radical (unpaired) electrons. The molecule has 0 saturated carbocycles. The fraction of sp³-hybridized carbons (Fsp3) is 0.440. The Hall–Kier alpha value is -3.67. The van der Waals surface area contributed by atoms with Crippen LogP contribution < -0.4 is 5.32 Å². The summed E-state index contributed by atoms with van der Waals surface area (Å²) in [6, 6.07) is 2.08. The minimum Gasteiger partial charge on any atom is -0.346 e. The Morgan fingerprint density at radius 2 is 1.89 bits per heavy atom. The van der Waals surface area contributed by atoms with Crippen molar-refractivity contribution in [2.45, 2.75) is 51.0 Å². The molecule has 1 saturated heterocycles. The predicted octanol–water partition coefficient (Wildman–Crippen LogP) is 3.99. The highest BCUT2D eigenvalue weighted by molar-refractivity contribution is 5.96. The standard InChI is InChI=1S/C25H27F3N8O/c1-34-14-21-19(13-36(32-21)16-4-6-29-7-5-16)15-9-17-18(11-31-24(17)30-10-15)20-12-35(8-2-3-22(34)37)33-23(20)25(26,27)28/h9-13,16,29H,2-8,14H2,1H3,(H,30,31). The zero-order chi connectivity index (χ0) is 25.7. The second-order valence-corrected chi connectivity index (χ2v) is 9.78. The summed E-state index contributed by atoms with van der Waals surface area (Å²) in [5.41, 5.74) is 2.21. The van der Waals surface area contributed by atoms with Crippen molar-refractivity contribution in [1.29, 1.82) is 0 Å². The number of aryl methyl sites for hydroxylation is 1. The lowest BCUT2D eigenvalue weighted by atomic mass is 10.0. The number of nitrogens with one attached hydrogen (secondary N) is 2. The topological polar surface area (TPSA) is 96.7 Å². The van der Waals surface area contributed by atoms with Gasteiger partial charge in [0.15, 0.2) is 5.69 Å². The molecular formula is C25H27F3N8O. The van der Waals surface area contributed by atoms with E-state index in [0.29, 0.717) is 29.6 Å². The van der Waals surface area contributed by atoms with Crippen molar-refractivity contribution >= 4 is 16.9 Å². The molecule has 2 aliphatic rings. The molecule has 2 N–H and O–H groups in total. The number of aromatic amines is 1. The van der Waals surface area contributed by atoms with Crippen molar-refractivity contribution in [3.8, 4) is 22.3 Å². The number of pyridine rings is 1. The molecule has 1 fully saturated rings. The first-order valence-electron chi connectivity index (χ1n) is 12.4. The maximum absolute atomic E-state index is 14.0. The Balaban J connectivity index is 1.53. The van der Waals surface area contributed by atoms with Crippen LogP contribution in [-0.4, -0.2) is 60.5 Å². The predicted molar refractivity (Wildman–Crippen MR) is 130 cm³/mol. The summed E-state index contributed by atoms with van der Waals surface area (Å²) in [6.45, 7) is 2.34. The quantitative estimate of drug-likeness (QED) is 0.402. The zero-order valence-corrected chi connectivity index (χ0v) is 20.3. The van der Waals surface area contributed by atoms with Gasteiger partial charge in [0.1, 0.15) is 5.65 Å². The summed E-state index contributed by atoms with van der Waals surface area (Å²) in [6.07, 6.45) is 4.47. The number of fused-ring (bicyclic) bond motifs is 6. The van der Waals surface area contributed by atoms with E-state index >= 15 is 0 Å². The zero-order valence-electron chi connectivity index (χ0n) is 20.3. The first-order valence-corrected chi connectivity index (χ1v) is 12.4. The molecule has 37 heavy (non-hydrogen) atoms. The molecule has 9 nitrogen and oxygen atoms in total. The lowest BCUT2D eigenvalue weighted by Gasteiger charge is -2.23. The Morgan fingerprint density at radius 3 is 2.68 bits per heavy atom. The smallest absolute Gasteiger partial charge is 0.346 e. The van der Waals surface area contributed by atoms with Crippen molar-refractivity contribution in [2.24, 2.45) is 0 Å². The second-order valence-electron chi connectivity index (χ2n) is 9.78. The van der Waals surface area contributed by atoms with Crippen LogP contribution in [0.4, 0.5) is 13.2 Å². The van der Waals surface area contributed by atoms with Crippen LogP contribution in [0, 0.1) is 0 Å². The molecule has 4 aromatic rings. The monoisotopic (exact) mass is 512 g/mol. The number of amides is 1. The minimum atomic E-state index is -4.63. The van der Waals surface area contributed by atoms with Gasteiger partial charge < -0.3 is 15.2 Å². The number of carbonyl (C=O) groups excluding carboxylic acids is 1. The molecule has 0 spiro atoms. The highest BCUT2D eigenvalue weighted by Gasteiger charge is 2.38. The van der Waals surface area contributed by atoms with Crippen LogP contribution in [0.5, 0.6) is 0 Å². The molecule has 6 rings (SSSR count). The fourth-order valence-electron chi connectivity index (χ4n) is 5.26. The maximum Gasteiger partial charge on any atom is 0.435 e. The van der Waals surface area contributed by atoms with Gasteiger partial charge in [-0.2, -0.15) is 23.4 Å². The van der Waals surface area contributed by atoms with Gasteiger partial charge in [0.25, 0.3) is 0 Å². The summed E-state index contributed by atoms with van der Waals surface area (Å²) >= 11 is 0. The van der Waals surface area contributed by atoms with E-state index in [4.69, 9.17) is 5.10 Å². The third-order valence-corrected chi connectivity index (χ3v) is 7.24. The Kier molecular flexibility index (Phi) is 5.78. The molecule has 4 aromatic heterocycles. The SMILES string of the molecule is CN1Cc2nn(C3CCNCC3)cc2-c2cnc3[nH]cc(c3c2)-c2cn(nc2C(F)(F)F)CCCC1=O. The van der Waals surface area contributed by atoms with Crippen LogP contribution in [0.3, 0.4) is 0 Å². The maximum atomic E-state index is 14.0. The van der Waals surface area contributed by atoms with Crippen molar-refractivity contribution in [2.75, 3.05) is 20.1 Å². The molecule has 1 amide bonds. The van der Waals surface area contributed by atoms with E-state index in [-0.39, 0.29) is 30.5 Å². The molecule has 0 unspecified atom stereocenters. The number of alkyl halides is 3. The molecule has 0 atom stereocenters. The van der Waals surface area contributed by atoms with Gasteiger partial charge in [-0.3, -0.25) is 14.2 Å². The number of rotatable bonds is 1. The van der Waals surface area contributed by atoms with Crippen LogP contribution in [0.1, 0.15) is 43.1 Å². The van der Waals surface area contributed by atoms with E-state index < -0.39 is 11.9 Å². The molecule has 2 aliphatic heterocycles. The molecule has 12 heteroatoms. The molecule has 194 valence electrons. The number of hydrogen-bond acceptors (Lipinski definition) is 5. The Bertz CT molecular complexity index is 1460. The van der Waals surface area contributed by atoms with Crippen LogP contribution in [0.15, 0.2) is 30.9 Å². The van der Waals surface area contributed by atoms with Gasteiger partial charge in [-0.1, -0.05) is 0 Å². The largest absolute Gasteiger partial charge is 0.435 e. The van der Waals surface area contributed by atoms with Crippen LogP contribution in [0.2, 0.25) is 0 Å². The normalized spacial score (nSPS) is 17.7. The highest BCUT2D eigenvalue weighted by Crippen LogP contribution is 2.40. The number of carbonyl (C=O) groups is 1. The first kappa shape index (κ1) is 23.7. The molecule has 0 aromatic carbocycles. The van der Waals surface area contributed by atoms with Gasteiger partial charge in [-0.05, 0) is 38.4 Å². The van der Waals surface area contributed by atoms with Crippen LogP contribution in [-0.2, 0) is 24.1 Å². The van der Waals surface area contributed by atoms with Gasteiger partial charge in [0, 0.05) is 72.4 Å². The van der Waals surface area contributed by atoms with Crippen molar-refractivity contribution in [3.63, 3.8) is 0 Å². The Labute approximate surface area is 210 Å². The summed E-state index contributed by atoms with van der Waals surface area (Å²) in [4.78, 5) is 22.0. The number of aromatic nitrogens is 6. The summed E-state index contributed by atoms with van der Waals surface area (Å²) in [7, 11) is 1.73. The fourth-order valence-corrected chi connectivity index (χ4v) is 5.26. The first-order chi connectivity index (χ1) is 17.8. The number of piperidine rings is 1. The van der Waals surface area contributed by atoms with E-state index in [1.165, 1.54) is 10.9 Å². The van der Waals surface area contributed by atoms with Crippen LogP contribution >= 0.6 is 0 Å². The van der Waals surface area contributed by atoms with Crippen molar-refractivity contribution < 1.29 is 18.0 Å². The average Bonchev–Trinajstić information content (AvgIpc) is 3.60. The van der Waals surface area contributed by atoms with Crippen molar-refractivity contribution in [3.05, 3.63) is 42.2 Å². The van der Waals surface area contributed by atoms with Crippen LogP contribution in [0.25, 0.3) is 33.3 Å². The molecule has 4 bridgehead atoms. The number of nitrogens with zero attached hydrogens (tertiary/aromatic N) is 6. The summed E-state index contributed by atoms with van der Waals surface area (Å²) in [5.74, 6) is -0.0966. The van der Waals surface area contributed by atoms with E-state index in [9.17, 15) is 18.0 Å². The van der Waals surface area contributed by atoms with Gasteiger partial charge in [-0.25, -0.2) is 4.98 Å². The lowest BCUT2D eigenvalue weighted by Crippen LogP contribution is -2.30. The third-order valence-electron chi connectivity index (χ3n) is 7.24. The average molecular weight is 513 g/mol. The minimum absolute atomic E-state index is 0.0124. The molecule has 6 heterocycles. The molecule has 0 aliphatic carbocycles. The summed E-state index contributed by atoms with van der Waals surface area (Å²) in [5, 5.41) is 12.7.